The molecule has 8 nitrogen and oxygen atoms in total. The lowest BCUT2D eigenvalue weighted by molar-refractivity contribution is -0.160. The van der Waals surface area contributed by atoms with E-state index in [0.29, 0.717) is 11.7 Å². The second-order valence-corrected chi connectivity index (χ2v) is 8.85. The second kappa shape index (κ2) is 8.20. The molecular formula is C18H26N2O6P+. The number of nitrogens with one attached hydrogen (secondary N) is 1. The first-order valence-electron chi connectivity index (χ1n) is 9.01. The molecule has 0 saturated carbocycles. The summed E-state index contributed by atoms with van der Waals surface area (Å²) in [6.45, 7) is -0.365. The highest BCUT2D eigenvalue weighted by Gasteiger charge is 2.55. The number of carbonyl (C=O) groups excluding carboxylic acids is 2. The maximum Gasteiger partial charge on any atom is 0.443 e. The van der Waals surface area contributed by atoms with Crippen LogP contribution in [0.2, 0.25) is 0 Å². The van der Waals surface area contributed by atoms with E-state index in [2.05, 4.69) is 10.2 Å². The maximum atomic E-state index is 12.7. The summed E-state index contributed by atoms with van der Waals surface area (Å²) >= 11 is 0. The zero-order valence-corrected chi connectivity index (χ0v) is 16.3. The lowest BCUT2D eigenvalue weighted by Gasteiger charge is -2.40. The molecule has 27 heavy (non-hydrogen) atoms. The minimum absolute atomic E-state index is 0.110. The van der Waals surface area contributed by atoms with Gasteiger partial charge in [0, 0.05) is 19.1 Å². The van der Waals surface area contributed by atoms with Crippen molar-refractivity contribution < 1.29 is 28.6 Å². The highest BCUT2D eigenvalue weighted by Crippen LogP contribution is 2.54. The number of carbonyl (C=O) groups is 2. The molecule has 1 amide bonds. The van der Waals surface area contributed by atoms with Gasteiger partial charge in [-0.3, -0.25) is 14.5 Å². The zero-order valence-electron chi connectivity index (χ0n) is 15.4. The maximum absolute atomic E-state index is 12.7. The summed E-state index contributed by atoms with van der Waals surface area (Å²) in [5.41, 5.74) is 0. The van der Waals surface area contributed by atoms with Gasteiger partial charge in [-0.05, 0) is 38.4 Å². The molecule has 2 aliphatic heterocycles. The Morgan fingerprint density at radius 3 is 2.63 bits per heavy atom. The molecule has 2 saturated heterocycles. The summed E-state index contributed by atoms with van der Waals surface area (Å²) in [6.07, 6.45) is 1.53. The lowest BCUT2D eigenvalue weighted by atomic mass is 9.88. The predicted octanol–water partition coefficient (Wildman–Crippen LogP) is 0.216. The summed E-state index contributed by atoms with van der Waals surface area (Å²) in [7, 11) is -0.415. The van der Waals surface area contributed by atoms with E-state index in [1.165, 1.54) is 7.05 Å². The number of likely N-dealkylation sites (N-methyl/N-ethyl adjacent to an activating group) is 1. The molecule has 2 bridgehead atoms. The molecule has 0 aromatic heterocycles. The van der Waals surface area contributed by atoms with Crippen LogP contribution in [0.5, 0.6) is 0 Å². The molecule has 2 fully saturated rings. The molecule has 2 heterocycles. The standard InChI is InChI=1S/C18H25N2O6P/c1-19-16(21)11-25-18(22)17-14-9-8-12(20(14)2)10-15(17)26-27(23,24)13-6-4-3-5-7-13/h3-7,12,14-15,17,23-24H,8-11H2,1-2H3/p+1/t12?,14?,15-,17+/m0/s1. The smallest absolute Gasteiger partial charge is 0.443 e. The average molecular weight is 397 g/mol. The van der Waals surface area contributed by atoms with E-state index in [-0.39, 0.29) is 18.7 Å². The number of rotatable bonds is 6. The second-order valence-electron chi connectivity index (χ2n) is 7.03. The molecule has 2 aliphatic rings. The van der Waals surface area contributed by atoms with Gasteiger partial charge in [0.2, 0.25) is 0 Å². The quantitative estimate of drug-likeness (QED) is 0.465. The van der Waals surface area contributed by atoms with E-state index >= 15 is 0 Å². The molecule has 2 unspecified atom stereocenters. The molecule has 9 heteroatoms. The fraction of sp³-hybridized carbons (Fsp3) is 0.556. The molecule has 4 atom stereocenters. The summed E-state index contributed by atoms with van der Waals surface area (Å²) in [5, 5.41) is 2.70. The summed E-state index contributed by atoms with van der Waals surface area (Å²) in [5.74, 6) is -1.63. The predicted molar refractivity (Wildman–Crippen MR) is 100 cm³/mol. The van der Waals surface area contributed by atoms with Crippen LogP contribution in [0.4, 0.5) is 0 Å². The van der Waals surface area contributed by atoms with Crippen LogP contribution >= 0.6 is 7.94 Å². The number of esters is 1. The number of benzene rings is 1. The highest BCUT2D eigenvalue weighted by atomic mass is 31.2. The molecule has 1 aromatic carbocycles. The molecule has 0 radical (unpaired) electrons. The van der Waals surface area contributed by atoms with Gasteiger partial charge in [0.25, 0.3) is 5.91 Å². The van der Waals surface area contributed by atoms with E-state index in [9.17, 15) is 19.4 Å². The Labute approximate surface area is 159 Å². The first-order valence-corrected chi connectivity index (χ1v) is 10.6. The average Bonchev–Trinajstić information content (AvgIpc) is 2.89. The topological polar surface area (TPSA) is 108 Å². The Hall–Kier alpha value is -1.57. The van der Waals surface area contributed by atoms with Crippen LogP contribution in [0.1, 0.15) is 19.3 Å². The van der Waals surface area contributed by atoms with E-state index in [1.54, 1.807) is 30.3 Å². The van der Waals surface area contributed by atoms with Crippen molar-refractivity contribution in [3.8, 4) is 0 Å². The van der Waals surface area contributed by atoms with Crippen molar-refractivity contribution in [2.24, 2.45) is 5.92 Å². The summed E-state index contributed by atoms with van der Waals surface area (Å²) < 4.78 is 10.9. The number of nitrogens with zero attached hydrogens (tertiary/aromatic N) is 1. The van der Waals surface area contributed by atoms with Crippen molar-refractivity contribution >= 4 is 25.1 Å². The molecule has 148 valence electrons. The number of hydrogen-bond acceptors (Lipinski definition) is 7. The fourth-order valence-corrected chi connectivity index (χ4v) is 5.29. The minimum Gasteiger partial charge on any atom is -0.455 e. The van der Waals surface area contributed by atoms with Crippen LogP contribution in [0, 0.1) is 5.92 Å². The van der Waals surface area contributed by atoms with Gasteiger partial charge in [-0.1, -0.05) is 18.2 Å². The first-order chi connectivity index (χ1) is 12.8. The number of ether oxygens (including phenoxy) is 1. The third kappa shape index (κ3) is 4.31. The normalized spacial score (nSPS) is 28.0. The fourth-order valence-electron chi connectivity index (χ4n) is 4.02. The Morgan fingerprint density at radius 2 is 1.96 bits per heavy atom. The van der Waals surface area contributed by atoms with Gasteiger partial charge in [0.1, 0.15) is 12.0 Å². The van der Waals surface area contributed by atoms with Gasteiger partial charge in [-0.25, -0.2) is 0 Å². The number of amides is 1. The lowest BCUT2D eigenvalue weighted by Crippen LogP contribution is -2.53. The van der Waals surface area contributed by atoms with Crippen LogP contribution in [0.25, 0.3) is 0 Å². The van der Waals surface area contributed by atoms with Crippen molar-refractivity contribution in [3.63, 3.8) is 0 Å². The van der Waals surface area contributed by atoms with Gasteiger partial charge in [0.05, 0.1) is 0 Å². The number of piperidine rings is 1. The third-order valence-electron chi connectivity index (χ3n) is 5.49. The molecular weight excluding hydrogens is 371 g/mol. The summed E-state index contributed by atoms with van der Waals surface area (Å²) in [6, 6.07) is 8.48. The van der Waals surface area contributed by atoms with Crippen molar-refractivity contribution in [1.29, 1.82) is 0 Å². The van der Waals surface area contributed by atoms with Crippen LogP contribution in [-0.4, -0.2) is 65.5 Å². The highest BCUT2D eigenvalue weighted by molar-refractivity contribution is 7.67. The molecule has 0 spiro atoms. The van der Waals surface area contributed by atoms with Gasteiger partial charge in [-0.2, -0.15) is 14.3 Å². The van der Waals surface area contributed by atoms with E-state index < -0.39 is 31.8 Å². The number of hydrogen-bond donors (Lipinski definition) is 3. The SMILES string of the molecule is CNC(=O)COC(=O)[C@@H]1C2CCC(C[C@@H]1O[P+](O)(O)c1ccccc1)N2C. The first kappa shape index (κ1) is 20.2. The van der Waals surface area contributed by atoms with E-state index in [0.717, 1.165) is 12.8 Å². The van der Waals surface area contributed by atoms with Crippen molar-refractivity contribution in [2.75, 3.05) is 20.7 Å². The van der Waals surface area contributed by atoms with Crippen LogP contribution < -0.4 is 10.6 Å². The zero-order chi connectivity index (χ0) is 19.6. The minimum atomic E-state index is -3.83. The van der Waals surface area contributed by atoms with E-state index in [1.807, 2.05) is 7.05 Å². The molecule has 3 rings (SSSR count). The molecule has 1 aromatic rings. The van der Waals surface area contributed by atoms with Crippen LogP contribution in [0.15, 0.2) is 30.3 Å². The van der Waals surface area contributed by atoms with Crippen LogP contribution in [-0.2, 0) is 18.8 Å². The Kier molecular flexibility index (Phi) is 6.13. The number of fused-ring (bicyclic) bond motifs is 2. The molecule has 3 N–H and O–H groups in total. The molecule has 0 aliphatic carbocycles. The van der Waals surface area contributed by atoms with Crippen molar-refractivity contribution in [1.82, 2.24) is 10.2 Å². The largest absolute Gasteiger partial charge is 0.455 e. The Morgan fingerprint density at radius 1 is 1.26 bits per heavy atom. The van der Waals surface area contributed by atoms with Crippen molar-refractivity contribution in [3.05, 3.63) is 30.3 Å². The van der Waals surface area contributed by atoms with Gasteiger partial charge in [-0.15, -0.1) is 0 Å². The van der Waals surface area contributed by atoms with Crippen molar-refractivity contribution in [2.45, 2.75) is 37.5 Å². The monoisotopic (exact) mass is 397 g/mol. The van der Waals surface area contributed by atoms with Crippen LogP contribution in [0.3, 0.4) is 0 Å². The third-order valence-corrected chi connectivity index (χ3v) is 7.02. The van der Waals surface area contributed by atoms with Gasteiger partial charge >= 0.3 is 13.9 Å². The van der Waals surface area contributed by atoms with Gasteiger partial charge < -0.3 is 10.1 Å². The summed E-state index contributed by atoms with van der Waals surface area (Å²) in [4.78, 5) is 47.4. The van der Waals surface area contributed by atoms with Gasteiger partial charge in [0.15, 0.2) is 11.9 Å². The Balaban J connectivity index is 1.79. The van der Waals surface area contributed by atoms with E-state index in [4.69, 9.17) is 9.26 Å². The Bertz CT molecular complexity index is 686.